The zero-order chi connectivity index (χ0) is 35.8. The lowest BCUT2D eigenvalue weighted by Gasteiger charge is -2.20. The Balaban J connectivity index is 1.12. The number of benzene rings is 3. The summed E-state index contributed by atoms with van der Waals surface area (Å²) in [5, 5.41) is 0. The predicted molar refractivity (Wildman–Crippen MR) is 193 cm³/mol. The third kappa shape index (κ3) is 6.88. The Morgan fingerprint density at radius 3 is 1.84 bits per heavy atom. The highest BCUT2D eigenvalue weighted by Gasteiger charge is 2.35. The van der Waals surface area contributed by atoms with Gasteiger partial charge in [-0.3, -0.25) is 24.4 Å². The van der Waals surface area contributed by atoms with Gasteiger partial charge in [-0.1, -0.05) is 36.4 Å². The van der Waals surface area contributed by atoms with Gasteiger partial charge < -0.3 is 28.7 Å². The molecule has 4 aliphatic heterocycles. The van der Waals surface area contributed by atoms with Crippen LogP contribution >= 0.6 is 0 Å². The number of hydrogen-bond donors (Lipinski definition) is 0. The molecular weight excluding hydrogens is 648 g/mol. The van der Waals surface area contributed by atoms with Crippen molar-refractivity contribution < 1.29 is 33.3 Å². The molecule has 3 aromatic rings. The molecule has 262 valence electrons. The molecule has 2 atom stereocenters. The highest BCUT2D eigenvalue weighted by molar-refractivity contribution is 6.04. The highest BCUT2D eigenvalue weighted by Crippen LogP contribution is 2.39. The van der Waals surface area contributed by atoms with Gasteiger partial charge in [-0.15, -0.1) is 0 Å². The van der Waals surface area contributed by atoms with E-state index in [1.54, 1.807) is 23.2 Å². The second kappa shape index (κ2) is 13.9. The maximum absolute atomic E-state index is 13.4. The molecule has 0 bridgehead atoms. The minimum Gasteiger partial charge on any atom is -0.493 e. The number of amides is 2. The fourth-order valence-electron chi connectivity index (χ4n) is 7.04. The number of hydrogen-bond acceptors (Lipinski definition) is 9. The van der Waals surface area contributed by atoms with Crippen LogP contribution < -0.4 is 14.2 Å². The lowest BCUT2D eigenvalue weighted by molar-refractivity contribution is -0.140. The van der Waals surface area contributed by atoms with E-state index in [9.17, 15) is 14.4 Å². The van der Waals surface area contributed by atoms with Crippen molar-refractivity contribution in [3.63, 3.8) is 0 Å². The lowest BCUT2D eigenvalue weighted by Crippen LogP contribution is -2.35. The van der Waals surface area contributed by atoms with E-state index in [2.05, 4.69) is 23.1 Å². The normalized spacial score (nSPS) is 18.9. The molecule has 0 radical (unpaired) electrons. The number of esters is 1. The van der Waals surface area contributed by atoms with E-state index in [1.165, 1.54) is 14.2 Å². The first-order valence-corrected chi connectivity index (χ1v) is 16.9. The van der Waals surface area contributed by atoms with Gasteiger partial charge in [0.15, 0.2) is 11.5 Å². The SMILES string of the molecule is C=C1CC2C=Nc3cc(OCc4cc(CCC(=O)OC)cc(COc5cc6c(cc5C)C(=O)N5CC(=C)C[C@H]5C=N6)c4)c(OC)cc3C(=O)N2C1. The number of methoxy groups -OCH3 is 2. The van der Waals surface area contributed by atoms with Crippen LogP contribution in [0.1, 0.15) is 62.2 Å². The molecule has 2 fully saturated rings. The Bertz CT molecular complexity index is 2030. The van der Waals surface area contributed by atoms with Crippen molar-refractivity contribution in [3.05, 3.63) is 100 Å². The molecule has 2 amide bonds. The van der Waals surface area contributed by atoms with E-state index in [-0.39, 0.29) is 49.5 Å². The van der Waals surface area contributed by atoms with Gasteiger partial charge in [-0.25, -0.2) is 0 Å². The van der Waals surface area contributed by atoms with Crippen LogP contribution in [0.15, 0.2) is 76.8 Å². The first-order chi connectivity index (χ1) is 24.6. The largest absolute Gasteiger partial charge is 0.493 e. The van der Waals surface area contributed by atoms with Crippen LogP contribution in [0.3, 0.4) is 0 Å². The monoisotopic (exact) mass is 688 g/mol. The van der Waals surface area contributed by atoms with E-state index < -0.39 is 0 Å². The van der Waals surface area contributed by atoms with Crippen LogP contribution in [0.4, 0.5) is 11.4 Å². The first-order valence-electron chi connectivity index (χ1n) is 16.9. The van der Waals surface area contributed by atoms with E-state index in [1.807, 2.05) is 48.4 Å². The first kappa shape index (κ1) is 33.8. The summed E-state index contributed by atoms with van der Waals surface area (Å²) in [5.74, 6) is 1.02. The molecule has 51 heavy (non-hydrogen) atoms. The summed E-state index contributed by atoms with van der Waals surface area (Å²) in [6.07, 6.45) is 5.71. The molecule has 3 aromatic carbocycles. The van der Waals surface area contributed by atoms with Crippen molar-refractivity contribution in [2.45, 2.75) is 57.9 Å². The summed E-state index contributed by atoms with van der Waals surface area (Å²) in [6.45, 7) is 11.5. The smallest absolute Gasteiger partial charge is 0.305 e. The molecular formula is C40H40N4O7. The van der Waals surface area contributed by atoms with Crippen molar-refractivity contribution in [2.24, 2.45) is 9.98 Å². The molecule has 0 saturated carbocycles. The topological polar surface area (TPSA) is 119 Å². The van der Waals surface area contributed by atoms with Crippen molar-refractivity contribution in [1.29, 1.82) is 0 Å². The zero-order valence-corrected chi connectivity index (χ0v) is 29.1. The van der Waals surface area contributed by atoms with E-state index in [0.29, 0.717) is 72.1 Å². The quantitative estimate of drug-likeness (QED) is 0.183. The number of rotatable bonds is 10. The van der Waals surface area contributed by atoms with Gasteiger partial charge in [0, 0.05) is 44.1 Å². The van der Waals surface area contributed by atoms with Gasteiger partial charge in [0.2, 0.25) is 0 Å². The Morgan fingerprint density at radius 2 is 1.27 bits per heavy atom. The third-order valence-electron chi connectivity index (χ3n) is 9.66. The van der Waals surface area contributed by atoms with Crippen molar-refractivity contribution in [2.75, 3.05) is 27.3 Å². The standard InChI is InChI=1S/C40H40N4O7/c1-23-8-29-17-41-33-15-35(25(3)10-31(33)39(46)43(29)19-23)50-21-27-11-26(6-7-38(45)49-5)12-28(13-27)22-51-37-16-34-32(14-36(37)48-4)40(47)44-20-24(2)9-30(44)18-42-34/h10-18,29-30H,1-2,6-9,19-22H2,3-5H3/t29-,30?/m0/s1. The number of aryl methyl sites for hydroxylation is 2. The molecule has 0 N–H and O–H groups in total. The van der Waals surface area contributed by atoms with Crippen molar-refractivity contribution >= 4 is 41.6 Å². The van der Waals surface area contributed by atoms with Crippen LogP contribution in [0.5, 0.6) is 17.2 Å². The van der Waals surface area contributed by atoms with Crippen LogP contribution in [0.25, 0.3) is 0 Å². The number of carbonyl (C=O) groups excluding carboxylic acids is 3. The van der Waals surface area contributed by atoms with Gasteiger partial charge in [0.25, 0.3) is 11.8 Å². The molecule has 4 heterocycles. The maximum atomic E-state index is 13.4. The van der Waals surface area contributed by atoms with Gasteiger partial charge >= 0.3 is 5.97 Å². The minimum atomic E-state index is -0.301. The van der Waals surface area contributed by atoms with Gasteiger partial charge in [-0.2, -0.15) is 0 Å². The second-order valence-electron chi connectivity index (χ2n) is 13.4. The third-order valence-corrected chi connectivity index (χ3v) is 9.66. The van der Waals surface area contributed by atoms with Crippen molar-refractivity contribution in [3.8, 4) is 17.2 Å². The molecule has 4 aliphatic rings. The van der Waals surface area contributed by atoms with Crippen molar-refractivity contribution in [1.82, 2.24) is 9.80 Å². The molecule has 11 nitrogen and oxygen atoms in total. The number of fused-ring (bicyclic) bond motifs is 4. The van der Waals surface area contributed by atoms with E-state index >= 15 is 0 Å². The Kier molecular flexibility index (Phi) is 9.20. The average Bonchev–Trinajstić information content (AvgIpc) is 3.64. The van der Waals surface area contributed by atoms with Gasteiger partial charge in [-0.05, 0) is 66.6 Å². The van der Waals surface area contributed by atoms with Gasteiger partial charge in [0.1, 0.15) is 19.0 Å². The van der Waals surface area contributed by atoms with E-state index in [4.69, 9.17) is 18.9 Å². The zero-order valence-electron chi connectivity index (χ0n) is 29.1. The summed E-state index contributed by atoms with van der Waals surface area (Å²) in [7, 11) is 2.91. The van der Waals surface area contributed by atoms with Crippen LogP contribution in [0.2, 0.25) is 0 Å². The molecule has 1 unspecified atom stereocenters. The van der Waals surface area contributed by atoms with Crippen LogP contribution in [0, 0.1) is 6.92 Å². The summed E-state index contributed by atoms with van der Waals surface area (Å²) in [4.78, 5) is 51.6. The second-order valence-corrected chi connectivity index (χ2v) is 13.4. The number of carbonyl (C=O) groups is 3. The number of nitrogens with zero attached hydrogens (tertiary/aromatic N) is 4. The molecule has 0 spiro atoms. The highest BCUT2D eigenvalue weighted by atomic mass is 16.5. The molecule has 2 saturated heterocycles. The molecule has 11 heteroatoms. The van der Waals surface area contributed by atoms with Crippen LogP contribution in [-0.4, -0.2) is 79.4 Å². The molecule has 0 aliphatic carbocycles. The summed E-state index contributed by atoms with van der Waals surface area (Å²) in [6, 6.07) is 12.8. The molecule has 0 aromatic heterocycles. The lowest BCUT2D eigenvalue weighted by atomic mass is 10.0. The predicted octanol–water partition coefficient (Wildman–Crippen LogP) is 6.24. The van der Waals surface area contributed by atoms with Crippen LogP contribution in [-0.2, 0) is 29.2 Å². The fraction of sp³-hybridized carbons (Fsp3) is 0.325. The fourth-order valence-corrected chi connectivity index (χ4v) is 7.04. The van der Waals surface area contributed by atoms with E-state index in [0.717, 1.165) is 33.4 Å². The average molecular weight is 689 g/mol. The van der Waals surface area contributed by atoms with Gasteiger partial charge in [0.05, 0.1) is 48.8 Å². The Hall–Kier alpha value is -5.71. The Labute approximate surface area is 296 Å². The summed E-state index contributed by atoms with van der Waals surface area (Å²) < 4.78 is 23.2. The number of ether oxygens (including phenoxy) is 4. The maximum Gasteiger partial charge on any atom is 0.305 e. The molecule has 7 rings (SSSR count). The Morgan fingerprint density at radius 1 is 0.745 bits per heavy atom. The summed E-state index contributed by atoms with van der Waals surface area (Å²) in [5.41, 5.74) is 7.58. The summed E-state index contributed by atoms with van der Waals surface area (Å²) >= 11 is 0. The number of aliphatic imine (C=N–C) groups is 2. The minimum absolute atomic E-state index is 0.0557.